The smallest absolute Gasteiger partial charge is 0.409 e. The summed E-state index contributed by atoms with van der Waals surface area (Å²) >= 11 is 0. The maximum absolute atomic E-state index is 12.0. The molecule has 6 heteroatoms. The standard InChI is InChI=1S/C18H20N2O4/c1-18(19,16(21)23-12-14-8-4-2-5-9-14)20-17(22)24-13-15-10-6-3-7-11-15/h2-11H,12-13,19H2,1H3,(H,20,22)/t18-/m1/s1. The molecule has 0 heterocycles. The normalized spacial score (nSPS) is 12.8. The molecule has 0 aliphatic rings. The van der Waals surface area contributed by atoms with Crippen molar-refractivity contribution >= 4 is 12.1 Å². The molecule has 0 aliphatic heterocycles. The van der Waals surface area contributed by atoms with E-state index in [1.54, 1.807) is 0 Å². The third-order valence-corrected chi connectivity index (χ3v) is 3.21. The summed E-state index contributed by atoms with van der Waals surface area (Å²) in [4.78, 5) is 23.8. The number of rotatable bonds is 6. The van der Waals surface area contributed by atoms with Crippen molar-refractivity contribution in [2.75, 3.05) is 0 Å². The van der Waals surface area contributed by atoms with Gasteiger partial charge in [-0.2, -0.15) is 0 Å². The quantitative estimate of drug-likeness (QED) is 0.627. The fourth-order valence-electron chi connectivity index (χ4n) is 1.90. The summed E-state index contributed by atoms with van der Waals surface area (Å²) < 4.78 is 10.2. The number of esters is 1. The van der Waals surface area contributed by atoms with Crippen molar-refractivity contribution in [1.29, 1.82) is 0 Å². The highest BCUT2D eigenvalue weighted by atomic mass is 16.6. The van der Waals surface area contributed by atoms with E-state index in [0.29, 0.717) is 0 Å². The molecule has 2 aromatic carbocycles. The topological polar surface area (TPSA) is 90.6 Å². The van der Waals surface area contributed by atoms with Gasteiger partial charge in [0.05, 0.1) is 0 Å². The van der Waals surface area contributed by atoms with Gasteiger partial charge in [0.2, 0.25) is 0 Å². The van der Waals surface area contributed by atoms with E-state index in [1.165, 1.54) is 6.92 Å². The number of nitrogens with two attached hydrogens (primary N) is 1. The van der Waals surface area contributed by atoms with Crippen molar-refractivity contribution in [1.82, 2.24) is 5.32 Å². The molecular formula is C18H20N2O4. The third kappa shape index (κ3) is 5.40. The predicted molar refractivity (Wildman–Crippen MR) is 88.6 cm³/mol. The number of carbonyl (C=O) groups is 2. The summed E-state index contributed by atoms with van der Waals surface area (Å²) in [5.74, 6) is -0.747. The lowest BCUT2D eigenvalue weighted by Crippen LogP contribution is -2.59. The molecule has 0 bridgehead atoms. The summed E-state index contributed by atoms with van der Waals surface area (Å²) in [5.41, 5.74) is 5.79. The Morgan fingerprint density at radius 1 is 0.917 bits per heavy atom. The molecule has 2 aromatic rings. The molecule has 3 N–H and O–H groups in total. The average molecular weight is 328 g/mol. The van der Waals surface area contributed by atoms with Crippen LogP contribution in [0.2, 0.25) is 0 Å². The Labute approximate surface area is 140 Å². The Bertz CT molecular complexity index is 672. The minimum Gasteiger partial charge on any atom is -0.458 e. The van der Waals surface area contributed by atoms with Gasteiger partial charge in [-0.15, -0.1) is 0 Å². The van der Waals surface area contributed by atoms with Crippen LogP contribution in [-0.2, 0) is 27.5 Å². The Balaban J connectivity index is 1.80. The number of ether oxygens (including phenoxy) is 2. The molecule has 0 aliphatic carbocycles. The van der Waals surface area contributed by atoms with E-state index >= 15 is 0 Å². The van der Waals surface area contributed by atoms with E-state index in [0.717, 1.165) is 11.1 Å². The lowest BCUT2D eigenvalue weighted by atomic mass is 10.2. The minimum atomic E-state index is -1.68. The van der Waals surface area contributed by atoms with Crippen molar-refractivity contribution in [2.45, 2.75) is 25.8 Å². The zero-order valence-electron chi connectivity index (χ0n) is 13.4. The second kappa shape index (κ2) is 8.12. The van der Waals surface area contributed by atoms with Crippen molar-refractivity contribution < 1.29 is 19.1 Å². The molecule has 1 atom stereocenters. The van der Waals surface area contributed by atoms with Crippen LogP contribution in [0.3, 0.4) is 0 Å². The second-order valence-corrected chi connectivity index (χ2v) is 5.45. The predicted octanol–water partition coefficient (Wildman–Crippen LogP) is 2.33. The molecular weight excluding hydrogens is 308 g/mol. The molecule has 1 amide bonds. The number of carbonyl (C=O) groups excluding carboxylic acids is 2. The van der Waals surface area contributed by atoms with E-state index in [2.05, 4.69) is 5.32 Å². The first kappa shape index (κ1) is 17.5. The van der Waals surface area contributed by atoms with Crippen LogP contribution in [0.4, 0.5) is 4.79 Å². The van der Waals surface area contributed by atoms with Crippen LogP contribution >= 0.6 is 0 Å². The van der Waals surface area contributed by atoms with Gasteiger partial charge in [0.25, 0.3) is 0 Å². The van der Waals surface area contributed by atoms with E-state index in [1.807, 2.05) is 60.7 Å². The maximum atomic E-state index is 12.0. The van der Waals surface area contributed by atoms with E-state index in [9.17, 15) is 9.59 Å². The molecule has 0 spiro atoms. The fraction of sp³-hybridized carbons (Fsp3) is 0.222. The number of alkyl carbamates (subject to hydrolysis) is 1. The molecule has 0 saturated carbocycles. The van der Waals surface area contributed by atoms with Crippen LogP contribution in [0.25, 0.3) is 0 Å². The largest absolute Gasteiger partial charge is 0.458 e. The van der Waals surface area contributed by atoms with Gasteiger partial charge in [-0.3, -0.25) is 11.1 Å². The fourth-order valence-corrected chi connectivity index (χ4v) is 1.90. The summed E-state index contributed by atoms with van der Waals surface area (Å²) in [7, 11) is 0. The van der Waals surface area contributed by atoms with Crippen LogP contribution in [0.1, 0.15) is 18.1 Å². The molecule has 126 valence electrons. The summed E-state index contributed by atoms with van der Waals surface area (Å²) in [6.07, 6.45) is -0.791. The van der Waals surface area contributed by atoms with Gasteiger partial charge < -0.3 is 9.47 Å². The van der Waals surface area contributed by atoms with Gasteiger partial charge in [-0.05, 0) is 18.1 Å². The molecule has 6 nitrogen and oxygen atoms in total. The van der Waals surface area contributed by atoms with Crippen molar-refractivity contribution in [2.24, 2.45) is 5.73 Å². The first-order valence-corrected chi connectivity index (χ1v) is 7.46. The number of nitrogens with one attached hydrogen (secondary N) is 1. The number of hydrogen-bond donors (Lipinski definition) is 2. The van der Waals surface area contributed by atoms with Crippen molar-refractivity contribution in [3.05, 3.63) is 71.8 Å². The monoisotopic (exact) mass is 328 g/mol. The van der Waals surface area contributed by atoms with Crippen LogP contribution in [0.5, 0.6) is 0 Å². The van der Waals surface area contributed by atoms with Crippen molar-refractivity contribution in [3.63, 3.8) is 0 Å². The minimum absolute atomic E-state index is 0.0766. The molecule has 0 saturated heterocycles. The van der Waals surface area contributed by atoms with Gasteiger partial charge >= 0.3 is 12.1 Å². The summed E-state index contributed by atoms with van der Waals surface area (Å²) in [6, 6.07) is 18.4. The maximum Gasteiger partial charge on any atom is 0.409 e. The van der Waals surface area contributed by atoms with Crippen LogP contribution in [0, 0.1) is 0 Å². The zero-order chi connectivity index (χ0) is 17.4. The number of benzene rings is 2. The molecule has 0 aromatic heterocycles. The van der Waals surface area contributed by atoms with Gasteiger partial charge in [-0.1, -0.05) is 60.7 Å². The first-order chi connectivity index (χ1) is 11.5. The highest BCUT2D eigenvalue weighted by Crippen LogP contribution is 2.06. The van der Waals surface area contributed by atoms with E-state index in [-0.39, 0.29) is 13.2 Å². The lowest BCUT2D eigenvalue weighted by Gasteiger charge is -2.23. The first-order valence-electron chi connectivity index (χ1n) is 7.46. The molecule has 0 fully saturated rings. The highest BCUT2D eigenvalue weighted by molar-refractivity contribution is 5.84. The zero-order valence-corrected chi connectivity index (χ0v) is 13.4. The summed E-state index contributed by atoms with van der Waals surface area (Å²) in [5, 5.41) is 2.30. The van der Waals surface area contributed by atoms with E-state index < -0.39 is 17.7 Å². The Kier molecular flexibility index (Phi) is 5.92. The Hall–Kier alpha value is -2.86. The summed E-state index contributed by atoms with van der Waals surface area (Å²) in [6.45, 7) is 1.51. The number of amides is 1. The van der Waals surface area contributed by atoms with Crippen LogP contribution < -0.4 is 11.1 Å². The Morgan fingerprint density at radius 3 is 1.88 bits per heavy atom. The van der Waals surface area contributed by atoms with Gasteiger partial charge in [0.1, 0.15) is 13.2 Å². The molecule has 0 unspecified atom stereocenters. The highest BCUT2D eigenvalue weighted by Gasteiger charge is 2.32. The van der Waals surface area contributed by atoms with Gasteiger partial charge in [0, 0.05) is 0 Å². The van der Waals surface area contributed by atoms with Crippen LogP contribution in [-0.4, -0.2) is 17.7 Å². The van der Waals surface area contributed by atoms with E-state index in [4.69, 9.17) is 15.2 Å². The third-order valence-electron chi connectivity index (χ3n) is 3.21. The Morgan fingerprint density at radius 2 is 1.38 bits per heavy atom. The second-order valence-electron chi connectivity index (χ2n) is 5.45. The number of hydrogen-bond acceptors (Lipinski definition) is 5. The van der Waals surface area contributed by atoms with Gasteiger partial charge in [0.15, 0.2) is 5.66 Å². The van der Waals surface area contributed by atoms with Crippen molar-refractivity contribution in [3.8, 4) is 0 Å². The SMILES string of the molecule is C[C@@](N)(NC(=O)OCc1ccccc1)C(=O)OCc1ccccc1. The molecule has 24 heavy (non-hydrogen) atoms. The lowest BCUT2D eigenvalue weighted by molar-refractivity contribution is -0.152. The molecule has 0 radical (unpaired) electrons. The van der Waals surface area contributed by atoms with Gasteiger partial charge in [-0.25, -0.2) is 9.59 Å². The average Bonchev–Trinajstić information content (AvgIpc) is 2.59. The van der Waals surface area contributed by atoms with Crippen LogP contribution in [0.15, 0.2) is 60.7 Å². The molecule has 2 rings (SSSR count).